The molecule has 60 heavy (non-hydrogen) atoms. The number of amides is 2. The van der Waals surface area contributed by atoms with Gasteiger partial charge in [-0.15, -0.1) is 0 Å². The number of rotatable bonds is 21. The van der Waals surface area contributed by atoms with Crippen molar-refractivity contribution in [2.75, 3.05) is 37.9 Å². The van der Waals surface area contributed by atoms with Gasteiger partial charge in [0.25, 0.3) is 0 Å². The van der Waals surface area contributed by atoms with Crippen molar-refractivity contribution in [1.82, 2.24) is 10.6 Å². The van der Waals surface area contributed by atoms with E-state index in [1.165, 1.54) is 23.3 Å². The van der Waals surface area contributed by atoms with Crippen LogP contribution in [0.4, 0.5) is 11.4 Å². The number of nitrogens with one attached hydrogen (secondary N) is 4. The average Bonchev–Trinajstić information content (AvgIpc) is 3.24. The number of carboxylic acid groups (broad SMARTS) is 2. The van der Waals surface area contributed by atoms with Crippen molar-refractivity contribution in [1.29, 1.82) is 0 Å². The predicted octanol–water partition coefficient (Wildman–Crippen LogP) is 2.32. The Kier molecular flexibility index (Phi) is 21.6. The molecule has 18 nitrogen and oxygen atoms in total. The van der Waals surface area contributed by atoms with Gasteiger partial charge in [-0.3, -0.25) is 9.59 Å². The third kappa shape index (κ3) is 17.3. The zero-order valence-electron chi connectivity index (χ0n) is 33.6. The molecule has 0 bridgehead atoms. The number of carbonyl (C=O) groups excluding carboxylic acids is 2. The van der Waals surface area contributed by atoms with Gasteiger partial charge in [0, 0.05) is 25.2 Å². The standard InChI is InChI=1S/2C19H24N2O4.C4H6O6/c2*1-13(9-14-3-6-16(25-2)7-4-14)20-11-19(24)15-5-8-18(23)17(10-15)21-12-22;5-1(3(7)8)2(6)4(9)10/h2*3-8,10,12-13,19-20,23-24H,9,11H2,1-2H3,(H,21,22);1-2,5-6H,(H,7,8)(H,9,10)/t2*13-,19+;1-,2-/m111/s1. The summed E-state index contributed by atoms with van der Waals surface area (Å²) in [7, 11) is 3.28. The molecule has 12 N–H and O–H groups in total. The number of hydrogen-bond acceptors (Lipinski definition) is 14. The van der Waals surface area contributed by atoms with Gasteiger partial charge in [0.15, 0.2) is 12.2 Å². The molecule has 6 atom stereocenters. The SMILES string of the molecule is COc1ccc(C[C@@H](C)NC[C@H](O)c2ccc(O)c(NC=O)c2)cc1.COc1ccc(C[C@@H](C)NC[C@H](O)c2ccc(O)c(NC=O)c2)cc1.O=C(O)[C@H](O)[C@@H](O)C(=O)O. The lowest BCUT2D eigenvalue weighted by Crippen LogP contribution is -2.39. The number of aliphatic hydroxyl groups is 4. The first kappa shape index (κ1) is 49.9. The summed E-state index contributed by atoms with van der Waals surface area (Å²) < 4.78 is 10.3. The molecule has 0 radical (unpaired) electrons. The van der Waals surface area contributed by atoms with E-state index in [-0.39, 0.29) is 35.0 Å². The van der Waals surface area contributed by atoms with Crippen LogP contribution in [0, 0.1) is 0 Å². The molecule has 326 valence electrons. The van der Waals surface area contributed by atoms with E-state index in [0.29, 0.717) is 37.0 Å². The van der Waals surface area contributed by atoms with Gasteiger partial charge in [-0.05, 0) is 97.5 Å². The van der Waals surface area contributed by atoms with Crippen molar-refractivity contribution < 1.29 is 69.5 Å². The van der Waals surface area contributed by atoms with Crippen LogP contribution in [0.25, 0.3) is 0 Å². The van der Waals surface area contributed by atoms with E-state index in [2.05, 4.69) is 21.3 Å². The molecule has 0 heterocycles. The first-order valence-corrected chi connectivity index (χ1v) is 18.5. The van der Waals surface area contributed by atoms with Gasteiger partial charge in [-0.2, -0.15) is 0 Å². The number of aliphatic hydroxyl groups excluding tert-OH is 4. The number of aliphatic carboxylic acids is 2. The number of ether oxygens (including phenoxy) is 2. The summed E-state index contributed by atoms with van der Waals surface area (Å²) >= 11 is 0. The molecule has 0 saturated heterocycles. The zero-order chi connectivity index (χ0) is 44.8. The molecule has 0 aliphatic carbocycles. The zero-order valence-corrected chi connectivity index (χ0v) is 33.6. The lowest BCUT2D eigenvalue weighted by Gasteiger charge is -2.18. The summed E-state index contributed by atoms with van der Waals surface area (Å²) in [5.74, 6) is -1.96. The summed E-state index contributed by atoms with van der Waals surface area (Å²) in [6, 6.07) is 25.4. The molecule has 18 heteroatoms. The van der Waals surface area contributed by atoms with E-state index in [1.54, 1.807) is 38.5 Å². The van der Waals surface area contributed by atoms with Gasteiger partial charge < -0.3 is 71.6 Å². The van der Waals surface area contributed by atoms with Crippen LogP contribution in [0.3, 0.4) is 0 Å². The maximum atomic E-state index is 10.5. The number of phenolic OH excluding ortho intramolecular Hbond substituents is 2. The highest BCUT2D eigenvalue weighted by molar-refractivity contribution is 5.83. The monoisotopic (exact) mass is 838 g/mol. The topological polar surface area (TPSA) is 297 Å². The van der Waals surface area contributed by atoms with Crippen LogP contribution in [0.1, 0.15) is 48.3 Å². The Labute approximate surface area is 347 Å². The number of benzene rings is 4. The van der Waals surface area contributed by atoms with Crippen LogP contribution < -0.4 is 30.7 Å². The van der Waals surface area contributed by atoms with Crippen LogP contribution in [-0.4, -0.2) is 117 Å². The Balaban J connectivity index is 0.000000339. The van der Waals surface area contributed by atoms with Crippen molar-refractivity contribution in [2.24, 2.45) is 0 Å². The minimum absolute atomic E-state index is 0.0381. The number of phenols is 2. The molecule has 0 aliphatic heterocycles. The van der Waals surface area contributed by atoms with E-state index in [0.717, 1.165) is 24.3 Å². The summed E-state index contributed by atoms with van der Waals surface area (Å²) in [5.41, 5.74) is 4.14. The van der Waals surface area contributed by atoms with Gasteiger partial charge in [0.2, 0.25) is 12.8 Å². The number of carboxylic acids is 2. The quantitative estimate of drug-likeness (QED) is 0.0423. The molecule has 0 unspecified atom stereocenters. The second kappa shape index (κ2) is 25.9. The molecular formula is C42H54N4O14. The van der Waals surface area contributed by atoms with Crippen molar-refractivity contribution in [3.8, 4) is 23.0 Å². The highest BCUT2D eigenvalue weighted by Gasteiger charge is 2.29. The smallest absolute Gasteiger partial charge is 0.335 e. The summed E-state index contributed by atoms with van der Waals surface area (Å²) in [6.07, 6.45) is -3.40. The Morgan fingerprint density at radius 2 is 0.917 bits per heavy atom. The first-order chi connectivity index (χ1) is 28.5. The van der Waals surface area contributed by atoms with Crippen LogP contribution >= 0.6 is 0 Å². The van der Waals surface area contributed by atoms with E-state index in [1.807, 2.05) is 62.4 Å². The van der Waals surface area contributed by atoms with Crippen molar-refractivity contribution in [3.05, 3.63) is 107 Å². The van der Waals surface area contributed by atoms with Gasteiger partial charge >= 0.3 is 11.9 Å². The Morgan fingerprint density at radius 3 is 1.20 bits per heavy atom. The minimum Gasteiger partial charge on any atom is -0.506 e. The maximum absolute atomic E-state index is 10.5. The Hall–Kier alpha value is -6.28. The van der Waals surface area contributed by atoms with Crippen LogP contribution in [-0.2, 0) is 32.0 Å². The summed E-state index contributed by atoms with van der Waals surface area (Å²) in [4.78, 5) is 40.6. The first-order valence-electron chi connectivity index (χ1n) is 18.5. The molecule has 4 rings (SSSR count). The predicted molar refractivity (Wildman–Crippen MR) is 221 cm³/mol. The van der Waals surface area contributed by atoms with Gasteiger partial charge in [-0.25, -0.2) is 9.59 Å². The van der Waals surface area contributed by atoms with E-state index >= 15 is 0 Å². The van der Waals surface area contributed by atoms with Gasteiger partial charge in [-0.1, -0.05) is 36.4 Å². The van der Waals surface area contributed by atoms with Crippen molar-refractivity contribution in [2.45, 2.75) is 63.2 Å². The van der Waals surface area contributed by atoms with Crippen LogP contribution in [0.5, 0.6) is 23.0 Å². The molecular weight excluding hydrogens is 784 g/mol. The number of methoxy groups -OCH3 is 2. The number of anilines is 2. The maximum Gasteiger partial charge on any atom is 0.335 e. The van der Waals surface area contributed by atoms with Crippen molar-refractivity contribution >= 4 is 36.1 Å². The minimum atomic E-state index is -2.27. The van der Waals surface area contributed by atoms with E-state index < -0.39 is 36.4 Å². The highest BCUT2D eigenvalue weighted by atomic mass is 16.5. The number of hydrogen-bond donors (Lipinski definition) is 12. The third-order valence-electron chi connectivity index (χ3n) is 8.77. The summed E-state index contributed by atoms with van der Waals surface area (Å²) in [6.45, 7) is 4.82. The fourth-order valence-corrected chi connectivity index (χ4v) is 5.39. The molecule has 0 fully saturated rings. The Bertz CT molecular complexity index is 1790. The number of carbonyl (C=O) groups is 4. The molecule has 0 aromatic heterocycles. The molecule has 2 amide bonds. The molecule has 0 spiro atoms. The van der Waals surface area contributed by atoms with Gasteiger partial charge in [0.1, 0.15) is 23.0 Å². The van der Waals surface area contributed by atoms with Gasteiger partial charge in [0.05, 0.1) is 37.8 Å². The summed E-state index contributed by atoms with van der Waals surface area (Å²) in [5, 5.41) is 83.8. The van der Waals surface area contributed by atoms with E-state index in [9.17, 15) is 39.6 Å². The number of aromatic hydroxyl groups is 2. The second-order valence-corrected chi connectivity index (χ2v) is 13.4. The Morgan fingerprint density at radius 1 is 0.583 bits per heavy atom. The molecule has 4 aromatic carbocycles. The van der Waals surface area contributed by atoms with Crippen LogP contribution in [0.15, 0.2) is 84.9 Å². The lowest BCUT2D eigenvalue weighted by molar-refractivity contribution is -0.165. The second-order valence-electron chi connectivity index (χ2n) is 13.4. The molecule has 0 saturated carbocycles. The molecule has 4 aromatic rings. The largest absolute Gasteiger partial charge is 0.506 e. The van der Waals surface area contributed by atoms with Crippen LogP contribution in [0.2, 0.25) is 0 Å². The highest BCUT2D eigenvalue weighted by Crippen LogP contribution is 2.28. The van der Waals surface area contributed by atoms with E-state index in [4.69, 9.17) is 29.9 Å². The normalized spacial score (nSPS) is 13.5. The fraction of sp³-hybridized carbons (Fsp3) is 0.333. The third-order valence-corrected chi connectivity index (χ3v) is 8.77. The lowest BCUT2D eigenvalue weighted by atomic mass is 10.1. The molecule has 0 aliphatic rings. The fourth-order valence-electron chi connectivity index (χ4n) is 5.39. The average molecular weight is 839 g/mol. The van der Waals surface area contributed by atoms with Crippen molar-refractivity contribution in [3.63, 3.8) is 0 Å².